The summed E-state index contributed by atoms with van der Waals surface area (Å²) in [6, 6.07) is 8.74. The van der Waals surface area contributed by atoms with Gasteiger partial charge in [-0.15, -0.1) is 10.2 Å². The molecule has 0 aliphatic heterocycles. The quantitative estimate of drug-likeness (QED) is 0.654. The predicted octanol–water partition coefficient (Wildman–Crippen LogP) is 1.97. The standard InChI is InChI=1S/C17H26N6/c1-5-14-7-9-15(10-8-14)12-22(3)17(18-6-2)19-11-16-21-20-13-23(16)4/h7-10,13H,5-6,11-12H2,1-4H3,(H,18,19). The van der Waals surface area contributed by atoms with Crippen molar-refractivity contribution in [3.63, 3.8) is 0 Å². The first-order chi connectivity index (χ1) is 11.1. The molecule has 6 nitrogen and oxygen atoms in total. The van der Waals surface area contributed by atoms with Crippen LogP contribution in [-0.2, 0) is 26.6 Å². The second kappa shape index (κ2) is 8.31. The van der Waals surface area contributed by atoms with E-state index in [4.69, 9.17) is 0 Å². The van der Waals surface area contributed by atoms with Gasteiger partial charge in [0.15, 0.2) is 11.8 Å². The third-order valence-corrected chi connectivity index (χ3v) is 3.72. The number of aliphatic imine (C=N–C) groups is 1. The Kier molecular flexibility index (Phi) is 6.14. The molecule has 2 rings (SSSR count). The lowest BCUT2D eigenvalue weighted by Crippen LogP contribution is -2.38. The van der Waals surface area contributed by atoms with Crippen molar-refractivity contribution in [3.8, 4) is 0 Å². The highest BCUT2D eigenvalue weighted by Gasteiger charge is 2.08. The normalized spacial score (nSPS) is 11.6. The largest absolute Gasteiger partial charge is 0.357 e. The zero-order chi connectivity index (χ0) is 16.7. The molecule has 0 saturated heterocycles. The van der Waals surface area contributed by atoms with E-state index in [-0.39, 0.29) is 0 Å². The smallest absolute Gasteiger partial charge is 0.194 e. The number of guanidine groups is 1. The Morgan fingerprint density at radius 1 is 1.22 bits per heavy atom. The summed E-state index contributed by atoms with van der Waals surface area (Å²) in [6.07, 6.45) is 2.76. The molecule has 0 amide bonds. The second-order valence-electron chi connectivity index (χ2n) is 5.55. The summed E-state index contributed by atoms with van der Waals surface area (Å²) in [6.45, 7) is 6.40. The average Bonchev–Trinajstić information content (AvgIpc) is 2.97. The van der Waals surface area contributed by atoms with Crippen LogP contribution in [0, 0.1) is 0 Å². The van der Waals surface area contributed by atoms with Gasteiger partial charge in [0.05, 0.1) is 0 Å². The van der Waals surface area contributed by atoms with E-state index in [1.165, 1.54) is 11.1 Å². The third kappa shape index (κ3) is 4.81. The monoisotopic (exact) mass is 314 g/mol. The van der Waals surface area contributed by atoms with E-state index in [2.05, 4.69) is 63.5 Å². The highest BCUT2D eigenvalue weighted by Crippen LogP contribution is 2.08. The van der Waals surface area contributed by atoms with E-state index in [0.29, 0.717) is 6.54 Å². The molecule has 0 aliphatic rings. The van der Waals surface area contributed by atoms with Gasteiger partial charge in [0, 0.05) is 27.2 Å². The SMILES string of the molecule is CCNC(=NCc1nncn1C)N(C)Cc1ccc(CC)cc1. The van der Waals surface area contributed by atoms with Gasteiger partial charge < -0.3 is 14.8 Å². The van der Waals surface area contributed by atoms with Crippen LogP contribution in [0.3, 0.4) is 0 Å². The topological polar surface area (TPSA) is 58.3 Å². The molecular weight excluding hydrogens is 288 g/mol. The van der Waals surface area contributed by atoms with E-state index >= 15 is 0 Å². The van der Waals surface area contributed by atoms with Crippen LogP contribution in [-0.4, -0.2) is 39.2 Å². The molecule has 6 heteroatoms. The molecule has 2 aromatic rings. The zero-order valence-electron chi connectivity index (χ0n) is 14.5. The number of nitrogens with one attached hydrogen (secondary N) is 1. The number of aryl methyl sites for hydroxylation is 2. The minimum atomic E-state index is 0.512. The number of benzene rings is 1. The summed E-state index contributed by atoms with van der Waals surface area (Å²) in [7, 11) is 3.97. The molecule has 0 unspecified atom stereocenters. The van der Waals surface area contributed by atoms with E-state index < -0.39 is 0 Å². The lowest BCUT2D eigenvalue weighted by molar-refractivity contribution is 0.476. The minimum Gasteiger partial charge on any atom is -0.357 e. The van der Waals surface area contributed by atoms with Crippen LogP contribution in [0.1, 0.15) is 30.8 Å². The fourth-order valence-electron chi connectivity index (χ4n) is 2.29. The molecule has 0 radical (unpaired) electrons. The van der Waals surface area contributed by atoms with Crippen LogP contribution in [0.25, 0.3) is 0 Å². The van der Waals surface area contributed by atoms with Crippen LogP contribution in [0.2, 0.25) is 0 Å². The number of hydrogen-bond acceptors (Lipinski definition) is 3. The van der Waals surface area contributed by atoms with Crippen LogP contribution in [0.5, 0.6) is 0 Å². The van der Waals surface area contributed by atoms with Gasteiger partial charge >= 0.3 is 0 Å². The van der Waals surface area contributed by atoms with Gasteiger partial charge in [-0.05, 0) is 24.5 Å². The van der Waals surface area contributed by atoms with Crippen molar-refractivity contribution >= 4 is 5.96 Å². The third-order valence-electron chi connectivity index (χ3n) is 3.72. The molecule has 0 bridgehead atoms. The first-order valence-electron chi connectivity index (χ1n) is 8.04. The molecular formula is C17H26N6. The van der Waals surface area contributed by atoms with Gasteiger partial charge in [-0.25, -0.2) is 4.99 Å². The Bertz CT molecular complexity index is 629. The molecule has 1 heterocycles. The summed E-state index contributed by atoms with van der Waals surface area (Å²) in [5.74, 6) is 1.72. The number of aromatic nitrogens is 3. The molecule has 0 spiro atoms. The summed E-state index contributed by atoms with van der Waals surface area (Å²) in [5, 5.41) is 11.3. The van der Waals surface area contributed by atoms with Crippen molar-refractivity contribution in [2.75, 3.05) is 13.6 Å². The van der Waals surface area contributed by atoms with Crippen LogP contribution in [0.15, 0.2) is 35.6 Å². The van der Waals surface area contributed by atoms with E-state index in [1.807, 2.05) is 18.7 Å². The highest BCUT2D eigenvalue weighted by molar-refractivity contribution is 5.79. The molecule has 23 heavy (non-hydrogen) atoms. The first-order valence-corrected chi connectivity index (χ1v) is 8.04. The van der Waals surface area contributed by atoms with Gasteiger partial charge in [-0.3, -0.25) is 0 Å². The first kappa shape index (κ1) is 17.0. The summed E-state index contributed by atoms with van der Waals surface area (Å²) in [5.41, 5.74) is 2.63. The predicted molar refractivity (Wildman–Crippen MR) is 93.1 cm³/mol. The number of rotatable bonds is 6. The average molecular weight is 314 g/mol. The van der Waals surface area contributed by atoms with Gasteiger partial charge in [-0.1, -0.05) is 31.2 Å². The Morgan fingerprint density at radius 3 is 2.48 bits per heavy atom. The maximum Gasteiger partial charge on any atom is 0.194 e. The minimum absolute atomic E-state index is 0.512. The number of hydrogen-bond donors (Lipinski definition) is 1. The summed E-state index contributed by atoms with van der Waals surface area (Å²) >= 11 is 0. The van der Waals surface area contributed by atoms with Crippen molar-refractivity contribution < 1.29 is 0 Å². The fraction of sp³-hybridized carbons (Fsp3) is 0.471. The Labute approximate surface area is 138 Å². The van der Waals surface area contributed by atoms with Crippen molar-refractivity contribution in [1.29, 1.82) is 0 Å². The van der Waals surface area contributed by atoms with Crippen LogP contribution < -0.4 is 5.32 Å². The maximum atomic E-state index is 4.65. The Morgan fingerprint density at radius 2 is 1.91 bits per heavy atom. The van der Waals surface area contributed by atoms with E-state index in [1.54, 1.807) is 6.33 Å². The van der Waals surface area contributed by atoms with Gasteiger partial charge in [-0.2, -0.15) is 0 Å². The van der Waals surface area contributed by atoms with E-state index in [9.17, 15) is 0 Å². The molecule has 0 saturated carbocycles. The summed E-state index contributed by atoms with van der Waals surface area (Å²) < 4.78 is 1.89. The van der Waals surface area contributed by atoms with Crippen molar-refractivity contribution in [2.24, 2.45) is 12.0 Å². The van der Waals surface area contributed by atoms with Crippen molar-refractivity contribution in [3.05, 3.63) is 47.5 Å². The molecule has 124 valence electrons. The molecule has 0 aliphatic carbocycles. The van der Waals surface area contributed by atoms with E-state index in [0.717, 1.165) is 31.3 Å². The van der Waals surface area contributed by atoms with Gasteiger partial charge in [0.25, 0.3) is 0 Å². The van der Waals surface area contributed by atoms with Gasteiger partial charge in [0.2, 0.25) is 0 Å². The molecule has 1 aromatic heterocycles. The number of nitrogens with zero attached hydrogens (tertiary/aromatic N) is 5. The molecule has 1 aromatic carbocycles. The van der Waals surface area contributed by atoms with Crippen molar-refractivity contribution in [1.82, 2.24) is 25.0 Å². The summed E-state index contributed by atoms with van der Waals surface area (Å²) in [4.78, 5) is 6.78. The van der Waals surface area contributed by atoms with Crippen LogP contribution in [0.4, 0.5) is 0 Å². The Balaban J connectivity index is 2.04. The van der Waals surface area contributed by atoms with Crippen LogP contribution >= 0.6 is 0 Å². The Hall–Kier alpha value is -2.37. The highest BCUT2D eigenvalue weighted by atomic mass is 15.3. The fourth-order valence-corrected chi connectivity index (χ4v) is 2.29. The zero-order valence-corrected chi connectivity index (χ0v) is 14.5. The lowest BCUT2D eigenvalue weighted by Gasteiger charge is -2.22. The lowest BCUT2D eigenvalue weighted by atomic mass is 10.1. The second-order valence-corrected chi connectivity index (χ2v) is 5.55. The molecule has 1 N–H and O–H groups in total. The van der Waals surface area contributed by atoms with Gasteiger partial charge in [0.1, 0.15) is 12.9 Å². The molecule has 0 atom stereocenters. The van der Waals surface area contributed by atoms with Crippen molar-refractivity contribution in [2.45, 2.75) is 33.4 Å². The maximum absolute atomic E-state index is 4.65. The molecule has 0 fully saturated rings.